The summed E-state index contributed by atoms with van der Waals surface area (Å²) in [5, 5.41) is 9.07. The van der Waals surface area contributed by atoms with Gasteiger partial charge in [0.1, 0.15) is 5.82 Å². The second kappa shape index (κ2) is 4.53. The van der Waals surface area contributed by atoms with Crippen LogP contribution in [-0.2, 0) is 0 Å². The van der Waals surface area contributed by atoms with Gasteiger partial charge in [0.15, 0.2) is 5.65 Å². The summed E-state index contributed by atoms with van der Waals surface area (Å²) < 4.78 is 0. The van der Waals surface area contributed by atoms with Crippen molar-refractivity contribution < 1.29 is 9.90 Å². The van der Waals surface area contributed by atoms with Crippen molar-refractivity contribution in [2.24, 2.45) is 0 Å². The van der Waals surface area contributed by atoms with Gasteiger partial charge in [0.05, 0.1) is 11.1 Å². The normalized spacial score (nSPS) is 11.2. The number of H-pyrrole nitrogens is 1. The van der Waals surface area contributed by atoms with Gasteiger partial charge in [-0.15, -0.1) is 0 Å². The molecule has 17 heavy (non-hydrogen) atoms. The zero-order valence-electron chi connectivity index (χ0n) is 9.90. The highest BCUT2D eigenvalue weighted by atomic mass is 16.4. The summed E-state index contributed by atoms with van der Waals surface area (Å²) in [6.45, 7) is 4.18. The zero-order chi connectivity index (χ0) is 12.4. The first-order chi connectivity index (χ1) is 8.17. The Hall–Kier alpha value is -1.91. The van der Waals surface area contributed by atoms with E-state index >= 15 is 0 Å². The highest BCUT2D eigenvalue weighted by Gasteiger charge is 2.16. The molecule has 0 aromatic carbocycles. The molecule has 0 radical (unpaired) electrons. The van der Waals surface area contributed by atoms with Crippen LogP contribution in [0.2, 0.25) is 0 Å². The highest BCUT2D eigenvalue weighted by molar-refractivity contribution is 5.99. The molecule has 2 rings (SSSR count). The number of imidazole rings is 1. The van der Waals surface area contributed by atoms with E-state index in [0.717, 1.165) is 18.7 Å². The van der Waals surface area contributed by atoms with Crippen molar-refractivity contribution in [1.29, 1.82) is 0 Å². The second-order valence-electron chi connectivity index (χ2n) is 4.00. The van der Waals surface area contributed by atoms with Gasteiger partial charge in [0.2, 0.25) is 0 Å². The van der Waals surface area contributed by atoms with Crippen LogP contribution in [0.5, 0.6) is 0 Å². The molecule has 0 aliphatic rings. The summed E-state index contributed by atoms with van der Waals surface area (Å²) in [7, 11) is 0. The Labute approximate surface area is 98.9 Å². The number of pyridine rings is 1. The summed E-state index contributed by atoms with van der Waals surface area (Å²) in [6, 6.07) is 1.49. The van der Waals surface area contributed by atoms with E-state index in [1.807, 2.05) is 0 Å². The predicted octanol–water partition coefficient (Wildman–Crippen LogP) is 2.56. The Balaban J connectivity index is 2.57. The van der Waals surface area contributed by atoms with Gasteiger partial charge in [-0.3, -0.25) is 0 Å². The smallest absolute Gasteiger partial charge is 0.338 e. The van der Waals surface area contributed by atoms with E-state index in [-0.39, 0.29) is 5.56 Å². The van der Waals surface area contributed by atoms with Gasteiger partial charge in [0, 0.05) is 12.1 Å². The largest absolute Gasteiger partial charge is 0.478 e. The number of carbonyl (C=O) groups is 1. The molecule has 0 atom stereocenters. The lowest BCUT2D eigenvalue weighted by molar-refractivity contribution is 0.0698. The van der Waals surface area contributed by atoms with Crippen LogP contribution >= 0.6 is 0 Å². The molecule has 0 aliphatic carbocycles. The number of carboxylic acid groups (broad SMARTS) is 1. The van der Waals surface area contributed by atoms with Gasteiger partial charge in [-0.2, -0.15) is 0 Å². The Morgan fingerprint density at radius 1 is 1.47 bits per heavy atom. The van der Waals surface area contributed by atoms with Crippen LogP contribution in [-0.4, -0.2) is 26.0 Å². The molecule has 0 unspecified atom stereocenters. The van der Waals surface area contributed by atoms with Crippen LogP contribution in [0, 0.1) is 0 Å². The molecule has 2 aromatic heterocycles. The third-order valence-corrected chi connectivity index (χ3v) is 3.01. The molecular formula is C12H15N3O2. The van der Waals surface area contributed by atoms with Crippen molar-refractivity contribution in [2.45, 2.75) is 32.6 Å². The zero-order valence-corrected chi connectivity index (χ0v) is 9.90. The third-order valence-electron chi connectivity index (χ3n) is 3.01. The summed E-state index contributed by atoms with van der Waals surface area (Å²) in [6.07, 6.45) is 3.42. The number of aromatic amines is 1. The van der Waals surface area contributed by atoms with Gasteiger partial charge in [0.25, 0.3) is 0 Å². The first kappa shape index (κ1) is 11.6. The number of aromatic nitrogens is 3. The number of carboxylic acids is 1. The van der Waals surface area contributed by atoms with Crippen LogP contribution in [0.15, 0.2) is 12.3 Å². The number of fused-ring (bicyclic) bond motifs is 1. The van der Waals surface area contributed by atoms with Crippen LogP contribution in [0.3, 0.4) is 0 Å². The highest BCUT2D eigenvalue weighted by Crippen LogP contribution is 2.23. The number of rotatable bonds is 4. The molecule has 0 saturated heterocycles. The molecule has 2 N–H and O–H groups in total. The maximum atomic E-state index is 11.1. The standard InChI is InChI=1S/C12H15N3O2/c1-3-7(4-2)10-14-9-8(12(16)17)5-6-13-11(9)15-10/h5-7H,3-4H2,1-2H3,(H,16,17)(H,13,14,15). The minimum atomic E-state index is -0.961. The number of nitrogens with zero attached hydrogens (tertiary/aromatic N) is 2. The fourth-order valence-electron chi connectivity index (χ4n) is 1.98. The molecule has 0 amide bonds. The molecule has 90 valence electrons. The summed E-state index contributed by atoms with van der Waals surface area (Å²) in [4.78, 5) is 22.6. The van der Waals surface area contributed by atoms with Crippen LogP contribution in [0.1, 0.15) is 48.8 Å². The van der Waals surface area contributed by atoms with E-state index in [1.54, 1.807) is 0 Å². The lowest BCUT2D eigenvalue weighted by Gasteiger charge is -2.07. The van der Waals surface area contributed by atoms with E-state index in [2.05, 4.69) is 28.8 Å². The van der Waals surface area contributed by atoms with Gasteiger partial charge < -0.3 is 10.1 Å². The van der Waals surface area contributed by atoms with E-state index in [1.165, 1.54) is 12.3 Å². The molecule has 2 aromatic rings. The van der Waals surface area contributed by atoms with Gasteiger partial charge in [-0.1, -0.05) is 13.8 Å². The molecule has 0 fully saturated rings. The maximum absolute atomic E-state index is 11.1. The molecule has 0 aliphatic heterocycles. The van der Waals surface area contributed by atoms with Gasteiger partial charge in [-0.05, 0) is 18.9 Å². The molecule has 0 bridgehead atoms. The Bertz CT molecular complexity index is 544. The SMILES string of the molecule is CCC(CC)c1nc2nccc(C(=O)O)c2[nH]1. The number of aromatic carboxylic acids is 1. The number of hydrogen-bond donors (Lipinski definition) is 2. The Morgan fingerprint density at radius 2 is 2.18 bits per heavy atom. The molecule has 5 heteroatoms. The molecule has 0 spiro atoms. The van der Waals surface area contributed by atoms with E-state index in [9.17, 15) is 4.79 Å². The number of nitrogens with one attached hydrogen (secondary N) is 1. The van der Waals surface area contributed by atoms with Crippen molar-refractivity contribution in [3.05, 3.63) is 23.7 Å². The van der Waals surface area contributed by atoms with Crippen molar-refractivity contribution in [3.8, 4) is 0 Å². The van der Waals surface area contributed by atoms with Crippen LogP contribution in [0.4, 0.5) is 0 Å². The monoisotopic (exact) mass is 233 g/mol. The predicted molar refractivity (Wildman–Crippen MR) is 64.2 cm³/mol. The van der Waals surface area contributed by atoms with Crippen molar-refractivity contribution in [2.75, 3.05) is 0 Å². The van der Waals surface area contributed by atoms with Gasteiger partial charge in [-0.25, -0.2) is 14.8 Å². The van der Waals surface area contributed by atoms with Gasteiger partial charge >= 0.3 is 5.97 Å². The lowest BCUT2D eigenvalue weighted by Crippen LogP contribution is -1.99. The number of hydrogen-bond acceptors (Lipinski definition) is 3. The molecule has 5 nitrogen and oxygen atoms in total. The van der Waals surface area contributed by atoms with E-state index < -0.39 is 5.97 Å². The Kier molecular flexibility index (Phi) is 3.08. The Morgan fingerprint density at radius 3 is 2.76 bits per heavy atom. The summed E-state index contributed by atoms with van der Waals surface area (Å²) in [5.41, 5.74) is 1.22. The van der Waals surface area contributed by atoms with E-state index in [0.29, 0.717) is 17.1 Å². The summed E-state index contributed by atoms with van der Waals surface area (Å²) >= 11 is 0. The maximum Gasteiger partial charge on any atom is 0.338 e. The van der Waals surface area contributed by atoms with Crippen molar-refractivity contribution >= 4 is 17.1 Å². The minimum Gasteiger partial charge on any atom is -0.478 e. The topological polar surface area (TPSA) is 78.9 Å². The average Bonchev–Trinajstić information content (AvgIpc) is 2.73. The summed E-state index contributed by atoms with van der Waals surface area (Å²) in [5.74, 6) is 0.189. The van der Waals surface area contributed by atoms with Crippen molar-refractivity contribution in [1.82, 2.24) is 15.0 Å². The average molecular weight is 233 g/mol. The molecule has 0 saturated carbocycles. The third kappa shape index (κ3) is 2.00. The van der Waals surface area contributed by atoms with E-state index in [4.69, 9.17) is 5.11 Å². The first-order valence-corrected chi connectivity index (χ1v) is 5.75. The molecular weight excluding hydrogens is 218 g/mol. The quantitative estimate of drug-likeness (QED) is 0.850. The minimum absolute atomic E-state index is 0.222. The fourth-order valence-corrected chi connectivity index (χ4v) is 1.98. The molecule has 2 heterocycles. The fraction of sp³-hybridized carbons (Fsp3) is 0.417. The van der Waals surface area contributed by atoms with Crippen LogP contribution in [0.25, 0.3) is 11.2 Å². The van der Waals surface area contributed by atoms with Crippen LogP contribution < -0.4 is 0 Å². The van der Waals surface area contributed by atoms with Crippen molar-refractivity contribution in [3.63, 3.8) is 0 Å². The first-order valence-electron chi connectivity index (χ1n) is 5.75. The lowest BCUT2D eigenvalue weighted by atomic mass is 10.0. The second-order valence-corrected chi connectivity index (χ2v) is 4.00.